The van der Waals surface area contributed by atoms with Gasteiger partial charge in [-0.2, -0.15) is 0 Å². The van der Waals surface area contributed by atoms with Crippen LogP contribution in [-0.2, 0) is 0 Å². The molecule has 20 heavy (non-hydrogen) atoms. The second-order valence-electron chi connectivity index (χ2n) is 4.85. The number of aromatic nitrogens is 2. The lowest BCUT2D eigenvalue weighted by Crippen LogP contribution is -2.13. The van der Waals surface area contributed by atoms with Gasteiger partial charge in [-0.1, -0.05) is 12.1 Å². The van der Waals surface area contributed by atoms with E-state index in [1.807, 2.05) is 31.2 Å². The minimum Gasteiger partial charge on any atom is -0.494 e. The van der Waals surface area contributed by atoms with E-state index in [-0.39, 0.29) is 5.56 Å². The lowest BCUT2D eigenvalue weighted by atomic mass is 10.2. The topological polar surface area (TPSA) is 55.0 Å². The van der Waals surface area contributed by atoms with Crippen LogP contribution in [-0.4, -0.2) is 16.6 Å². The normalized spacial score (nSPS) is 14.3. The van der Waals surface area contributed by atoms with E-state index >= 15 is 0 Å². The van der Waals surface area contributed by atoms with Crippen molar-refractivity contribution in [2.75, 3.05) is 6.61 Å². The molecule has 104 valence electrons. The second kappa shape index (κ2) is 5.40. The van der Waals surface area contributed by atoms with Crippen LogP contribution in [0.3, 0.4) is 0 Å². The van der Waals surface area contributed by atoms with Gasteiger partial charge < -0.3 is 9.72 Å². The third-order valence-electron chi connectivity index (χ3n) is 3.27. The molecule has 1 heterocycles. The number of nitrogens with one attached hydrogen (secondary N) is 1. The van der Waals surface area contributed by atoms with Gasteiger partial charge in [0.05, 0.1) is 12.3 Å². The molecular weight excluding hydrogens is 320 g/mol. The van der Waals surface area contributed by atoms with E-state index in [9.17, 15) is 4.79 Å². The number of nitrogens with zero attached hydrogens (tertiary/aromatic N) is 1. The van der Waals surface area contributed by atoms with Crippen LogP contribution in [0.1, 0.15) is 31.4 Å². The fourth-order valence-corrected chi connectivity index (χ4v) is 2.65. The van der Waals surface area contributed by atoms with Crippen molar-refractivity contribution in [1.82, 2.24) is 9.97 Å². The Morgan fingerprint density at radius 2 is 2.25 bits per heavy atom. The van der Waals surface area contributed by atoms with E-state index in [1.165, 1.54) is 0 Å². The summed E-state index contributed by atoms with van der Waals surface area (Å²) in [5.41, 5.74) is 1.60. The Bertz CT molecular complexity index is 693. The molecule has 3 rings (SSSR count). The van der Waals surface area contributed by atoms with Gasteiger partial charge in [-0.05, 0) is 47.8 Å². The van der Waals surface area contributed by atoms with E-state index in [0.29, 0.717) is 22.8 Å². The molecule has 5 heteroatoms. The summed E-state index contributed by atoms with van der Waals surface area (Å²) in [5, 5.41) is 0. The molecule has 2 aromatic rings. The fraction of sp³-hybridized carbons (Fsp3) is 0.333. The Labute approximate surface area is 125 Å². The predicted octanol–water partition coefficient (Wildman–Crippen LogP) is 3.48. The van der Waals surface area contributed by atoms with Crippen LogP contribution >= 0.6 is 15.9 Å². The van der Waals surface area contributed by atoms with Crippen LogP contribution in [0.4, 0.5) is 0 Å². The maximum absolute atomic E-state index is 12.0. The molecule has 1 aromatic heterocycles. The molecule has 1 fully saturated rings. The van der Waals surface area contributed by atoms with Crippen LogP contribution in [0.2, 0.25) is 0 Å². The Kier molecular flexibility index (Phi) is 3.61. The summed E-state index contributed by atoms with van der Waals surface area (Å²) in [5.74, 6) is 1.80. The molecule has 1 aromatic carbocycles. The maximum Gasteiger partial charge on any atom is 0.265 e. The molecule has 0 amide bonds. The lowest BCUT2D eigenvalue weighted by Gasteiger charge is -2.08. The van der Waals surface area contributed by atoms with Crippen LogP contribution in [0.5, 0.6) is 5.75 Å². The second-order valence-corrected chi connectivity index (χ2v) is 5.64. The zero-order valence-electron chi connectivity index (χ0n) is 11.1. The van der Waals surface area contributed by atoms with Gasteiger partial charge in [0.15, 0.2) is 0 Å². The lowest BCUT2D eigenvalue weighted by molar-refractivity contribution is 0.340. The number of halogens is 1. The van der Waals surface area contributed by atoms with E-state index in [4.69, 9.17) is 4.74 Å². The first-order chi connectivity index (χ1) is 9.69. The van der Waals surface area contributed by atoms with Crippen LogP contribution < -0.4 is 10.3 Å². The molecule has 1 saturated carbocycles. The Hall–Kier alpha value is -1.62. The molecule has 0 saturated heterocycles. The van der Waals surface area contributed by atoms with Gasteiger partial charge in [0.25, 0.3) is 5.56 Å². The molecule has 1 aliphatic rings. The molecule has 0 bridgehead atoms. The SMILES string of the molecule is CCOc1cccc(-c2nc(C3CC3)c(Br)c(=O)[nH]2)c1. The van der Waals surface area contributed by atoms with E-state index in [0.717, 1.165) is 29.8 Å². The fourth-order valence-electron chi connectivity index (χ4n) is 2.14. The molecular formula is C15H15BrN2O2. The van der Waals surface area contributed by atoms with Gasteiger partial charge in [0.1, 0.15) is 16.0 Å². The highest BCUT2D eigenvalue weighted by atomic mass is 79.9. The largest absolute Gasteiger partial charge is 0.494 e. The summed E-state index contributed by atoms with van der Waals surface area (Å²) in [6.45, 7) is 2.55. The van der Waals surface area contributed by atoms with Gasteiger partial charge in [-0.25, -0.2) is 4.98 Å². The molecule has 1 aliphatic carbocycles. The first-order valence-corrected chi connectivity index (χ1v) is 7.51. The zero-order valence-corrected chi connectivity index (χ0v) is 12.7. The van der Waals surface area contributed by atoms with Crippen molar-refractivity contribution in [3.8, 4) is 17.1 Å². The maximum atomic E-state index is 12.0. The quantitative estimate of drug-likeness (QED) is 0.931. The number of benzene rings is 1. The third-order valence-corrected chi connectivity index (χ3v) is 4.04. The van der Waals surface area contributed by atoms with Crippen LogP contribution in [0, 0.1) is 0 Å². The van der Waals surface area contributed by atoms with Gasteiger partial charge in [0, 0.05) is 11.5 Å². The van der Waals surface area contributed by atoms with E-state index in [2.05, 4.69) is 25.9 Å². The van der Waals surface area contributed by atoms with Gasteiger partial charge in [-0.15, -0.1) is 0 Å². The Morgan fingerprint density at radius 3 is 2.95 bits per heavy atom. The average Bonchev–Trinajstić information content (AvgIpc) is 3.27. The van der Waals surface area contributed by atoms with Crippen molar-refractivity contribution >= 4 is 15.9 Å². The summed E-state index contributed by atoms with van der Waals surface area (Å²) in [6.07, 6.45) is 2.21. The molecule has 0 radical (unpaired) electrons. The Morgan fingerprint density at radius 1 is 1.45 bits per heavy atom. The van der Waals surface area contributed by atoms with Crippen molar-refractivity contribution in [1.29, 1.82) is 0 Å². The van der Waals surface area contributed by atoms with Crippen molar-refractivity contribution in [3.05, 3.63) is 44.8 Å². The number of aromatic amines is 1. The summed E-state index contributed by atoms with van der Waals surface area (Å²) in [6, 6.07) is 7.61. The highest BCUT2D eigenvalue weighted by Gasteiger charge is 2.29. The van der Waals surface area contributed by atoms with E-state index in [1.54, 1.807) is 0 Å². The highest BCUT2D eigenvalue weighted by molar-refractivity contribution is 9.10. The number of hydrogen-bond acceptors (Lipinski definition) is 3. The molecule has 4 nitrogen and oxygen atoms in total. The summed E-state index contributed by atoms with van der Waals surface area (Å²) >= 11 is 3.34. The standard InChI is InChI=1S/C15H15BrN2O2/c1-2-20-11-5-3-4-10(8-11)14-17-13(9-6-7-9)12(16)15(19)18-14/h3-5,8-9H,2,6-7H2,1H3,(H,17,18,19). The van der Waals surface area contributed by atoms with E-state index < -0.39 is 0 Å². The van der Waals surface area contributed by atoms with Crippen molar-refractivity contribution in [2.45, 2.75) is 25.7 Å². The highest BCUT2D eigenvalue weighted by Crippen LogP contribution is 2.41. The molecule has 0 aliphatic heterocycles. The smallest absolute Gasteiger partial charge is 0.265 e. The molecule has 0 unspecified atom stereocenters. The van der Waals surface area contributed by atoms with Crippen molar-refractivity contribution < 1.29 is 4.74 Å². The number of rotatable bonds is 4. The van der Waals surface area contributed by atoms with Crippen molar-refractivity contribution in [3.63, 3.8) is 0 Å². The first-order valence-electron chi connectivity index (χ1n) is 6.72. The minimum atomic E-state index is -0.126. The van der Waals surface area contributed by atoms with Crippen molar-refractivity contribution in [2.24, 2.45) is 0 Å². The third kappa shape index (κ3) is 2.63. The van der Waals surface area contributed by atoms with Gasteiger partial charge in [0.2, 0.25) is 0 Å². The number of ether oxygens (including phenoxy) is 1. The molecule has 1 N–H and O–H groups in total. The summed E-state index contributed by atoms with van der Waals surface area (Å²) < 4.78 is 6.04. The van der Waals surface area contributed by atoms with Crippen LogP contribution in [0.15, 0.2) is 33.5 Å². The Balaban J connectivity index is 2.05. The predicted molar refractivity (Wildman–Crippen MR) is 81.1 cm³/mol. The monoisotopic (exact) mass is 334 g/mol. The summed E-state index contributed by atoms with van der Waals surface area (Å²) in [7, 11) is 0. The van der Waals surface area contributed by atoms with Gasteiger partial charge in [-0.3, -0.25) is 4.79 Å². The average molecular weight is 335 g/mol. The zero-order chi connectivity index (χ0) is 14.1. The molecule has 0 atom stereocenters. The number of hydrogen-bond donors (Lipinski definition) is 1. The summed E-state index contributed by atoms with van der Waals surface area (Å²) in [4.78, 5) is 19.4. The minimum absolute atomic E-state index is 0.126. The number of H-pyrrole nitrogens is 1. The first kappa shape index (κ1) is 13.4. The van der Waals surface area contributed by atoms with Crippen LogP contribution in [0.25, 0.3) is 11.4 Å². The van der Waals surface area contributed by atoms with Gasteiger partial charge >= 0.3 is 0 Å². The molecule has 0 spiro atoms.